The molecule has 30 heavy (non-hydrogen) atoms. The number of hydrogen-bond donors (Lipinski definition) is 1. The number of ketones is 1. The van der Waals surface area contributed by atoms with Gasteiger partial charge in [-0.2, -0.15) is 0 Å². The molecule has 156 valence electrons. The lowest BCUT2D eigenvalue weighted by Crippen LogP contribution is -2.16. The number of rotatable bonds is 8. The average Bonchev–Trinajstić information content (AvgIpc) is 3.07. The van der Waals surface area contributed by atoms with E-state index >= 15 is 0 Å². The Balaban J connectivity index is 1.52. The van der Waals surface area contributed by atoms with Crippen molar-refractivity contribution in [2.75, 3.05) is 11.9 Å². The van der Waals surface area contributed by atoms with Crippen molar-refractivity contribution in [2.24, 2.45) is 5.92 Å². The molecular weight excluding hydrogens is 382 g/mol. The Bertz CT molecular complexity index is 1060. The van der Waals surface area contributed by atoms with Crippen LogP contribution in [0.5, 0.6) is 0 Å². The molecule has 0 bridgehead atoms. The number of fused-ring (bicyclic) bond motifs is 1. The zero-order chi connectivity index (χ0) is 21.7. The quantitative estimate of drug-likeness (QED) is 0.432. The first-order chi connectivity index (χ1) is 14.3. The molecule has 2 aromatic carbocycles. The predicted octanol–water partition coefficient (Wildman–Crippen LogP) is 4.69. The number of ether oxygens (including phenoxy) is 1. The third-order valence-corrected chi connectivity index (χ3v) is 4.59. The third kappa shape index (κ3) is 5.56. The third-order valence-electron chi connectivity index (χ3n) is 4.59. The van der Waals surface area contributed by atoms with Gasteiger partial charge in [-0.15, -0.1) is 0 Å². The summed E-state index contributed by atoms with van der Waals surface area (Å²) in [5.74, 6) is -0.607. The monoisotopic (exact) mass is 407 g/mol. The SMILES string of the molecule is Cc1ccc2c(CC(=O)OCC(=O)c3ccc(NC(=O)CC(C)C)cc3)coc2c1. The lowest BCUT2D eigenvalue weighted by molar-refractivity contribution is -0.141. The summed E-state index contributed by atoms with van der Waals surface area (Å²) in [6.45, 7) is 5.57. The van der Waals surface area contributed by atoms with Crippen molar-refractivity contribution in [3.8, 4) is 0 Å². The van der Waals surface area contributed by atoms with Crippen LogP contribution >= 0.6 is 0 Å². The molecule has 0 aliphatic carbocycles. The number of hydrogen-bond acceptors (Lipinski definition) is 5. The van der Waals surface area contributed by atoms with Crippen molar-refractivity contribution >= 4 is 34.3 Å². The molecule has 0 saturated heterocycles. The Morgan fingerprint density at radius 3 is 2.50 bits per heavy atom. The van der Waals surface area contributed by atoms with Crippen LogP contribution in [0.3, 0.4) is 0 Å². The van der Waals surface area contributed by atoms with Gasteiger partial charge < -0.3 is 14.5 Å². The molecule has 6 heteroatoms. The maximum atomic E-state index is 12.3. The molecule has 0 aliphatic heterocycles. The molecule has 0 fully saturated rings. The molecule has 1 amide bonds. The maximum absolute atomic E-state index is 12.3. The molecule has 1 aromatic heterocycles. The molecule has 0 unspecified atom stereocenters. The molecule has 3 aromatic rings. The van der Waals surface area contributed by atoms with Crippen molar-refractivity contribution in [3.63, 3.8) is 0 Å². The molecule has 0 radical (unpaired) electrons. The first kappa shape index (κ1) is 21.3. The number of benzene rings is 2. The van der Waals surface area contributed by atoms with Crippen LogP contribution in [0.1, 0.15) is 41.8 Å². The minimum Gasteiger partial charge on any atom is -0.464 e. The summed E-state index contributed by atoms with van der Waals surface area (Å²) in [4.78, 5) is 36.3. The van der Waals surface area contributed by atoms with E-state index in [1.807, 2.05) is 39.0 Å². The first-order valence-corrected chi connectivity index (χ1v) is 9.87. The summed E-state index contributed by atoms with van der Waals surface area (Å²) < 4.78 is 10.6. The number of nitrogens with one attached hydrogen (secondary N) is 1. The van der Waals surface area contributed by atoms with Gasteiger partial charge in [0.2, 0.25) is 5.91 Å². The van der Waals surface area contributed by atoms with Crippen LogP contribution in [0.25, 0.3) is 11.0 Å². The maximum Gasteiger partial charge on any atom is 0.310 e. The second kappa shape index (κ2) is 9.39. The van der Waals surface area contributed by atoms with Crippen LogP contribution < -0.4 is 5.32 Å². The molecule has 6 nitrogen and oxygen atoms in total. The van der Waals surface area contributed by atoms with E-state index < -0.39 is 5.97 Å². The van der Waals surface area contributed by atoms with Crippen LogP contribution in [0.2, 0.25) is 0 Å². The van der Waals surface area contributed by atoms with Gasteiger partial charge in [0.1, 0.15) is 5.58 Å². The second-order valence-electron chi connectivity index (χ2n) is 7.74. The highest BCUT2D eigenvalue weighted by atomic mass is 16.5. The number of esters is 1. The van der Waals surface area contributed by atoms with Crippen molar-refractivity contribution < 1.29 is 23.5 Å². The van der Waals surface area contributed by atoms with E-state index in [2.05, 4.69) is 5.32 Å². The molecule has 3 rings (SSSR count). The van der Waals surface area contributed by atoms with Gasteiger partial charge in [0.15, 0.2) is 12.4 Å². The normalized spacial score (nSPS) is 10.9. The molecule has 1 heterocycles. The van der Waals surface area contributed by atoms with E-state index in [-0.39, 0.29) is 30.6 Å². The van der Waals surface area contributed by atoms with Gasteiger partial charge in [0, 0.05) is 28.6 Å². The Kier molecular flexibility index (Phi) is 6.67. The highest BCUT2D eigenvalue weighted by Crippen LogP contribution is 2.23. The summed E-state index contributed by atoms with van der Waals surface area (Å²) in [6.07, 6.45) is 2.01. The minimum absolute atomic E-state index is 0.0319. The van der Waals surface area contributed by atoms with Crippen molar-refractivity contribution in [1.29, 1.82) is 0 Å². The van der Waals surface area contributed by atoms with E-state index in [4.69, 9.17) is 9.15 Å². The zero-order valence-electron chi connectivity index (χ0n) is 17.4. The summed E-state index contributed by atoms with van der Waals surface area (Å²) in [7, 11) is 0. The fourth-order valence-electron chi connectivity index (χ4n) is 3.09. The van der Waals surface area contributed by atoms with Gasteiger partial charge in [-0.05, 0) is 48.7 Å². The minimum atomic E-state index is -0.496. The standard InChI is InChI=1S/C24H25NO5/c1-15(2)10-23(27)25-19-7-5-17(6-8-19)21(26)14-30-24(28)12-18-13-29-22-11-16(3)4-9-20(18)22/h4-9,11,13,15H,10,12,14H2,1-3H3,(H,25,27). The topological polar surface area (TPSA) is 85.6 Å². The van der Waals surface area contributed by atoms with Crippen molar-refractivity contribution in [3.05, 3.63) is 65.4 Å². The number of carbonyl (C=O) groups is 3. The predicted molar refractivity (Wildman–Crippen MR) is 114 cm³/mol. The number of anilines is 1. The number of amides is 1. The zero-order valence-corrected chi connectivity index (χ0v) is 17.4. The molecular formula is C24H25NO5. The number of carbonyl (C=O) groups excluding carboxylic acids is 3. The van der Waals surface area contributed by atoms with Crippen LogP contribution in [-0.2, 0) is 20.7 Å². The van der Waals surface area contributed by atoms with Gasteiger partial charge in [0.05, 0.1) is 12.7 Å². The molecule has 0 saturated carbocycles. The highest BCUT2D eigenvalue weighted by Gasteiger charge is 2.14. The Hall–Kier alpha value is -3.41. The van der Waals surface area contributed by atoms with Gasteiger partial charge >= 0.3 is 5.97 Å². The van der Waals surface area contributed by atoms with Crippen LogP contribution in [-0.4, -0.2) is 24.3 Å². The van der Waals surface area contributed by atoms with Gasteiger partial charge in [-0.3, -0.25) is 14.4 Å². The molecule has 0 atom stereocenters. The Morgan fingerprint density at radius 2 is 1.80 bits per heavy atom. The van der Waals surface area contributed by atoms with E-state index in [1.54, 1.807) is 30.5 Å². The number of aryl methyl sites for hydroxylation is 1. The second-order valence-corrected chi connectivity index (χ2v) is 7.74. The smallest absolute Gasteiger partial charge is 0.310 e. The lowest BCUT2D eigenvalue weighted by atomic mass is 10.1. The van der Waals surface area contributed by atoms with Gasteiger partial charge in [-0.25, -0.2) is 0 Å². The summed E-state index contributed by atoms with van der Waals surface area (Å²) in [6, 6.07) is 12.3. The summed E-state index contributed by atoms with van der Waals surface area (Å²) in [5.41, 5.74) is 3.55. The Labute approximate surface area is 175 Å². The average molecular weight is 407 g/mol. The molecule has 0 spiro atoms. The first-order valence-electron chi connectivity index (χ1n) is 9.87. The molecule has 0 aliphatic rings. The fourth-order valence-corrected chi connectivity index (χ4v) is 3.09. The van der Waals surface area contributed by atoms with E-state index in [0.29, 0.717) is 17.7 Å². The lowest BCUT2D eigenvalue weighted by Gasteiger charge is -2.08. The number of Topliss-reactive ketones (excluding diaryl/α,β-unsaturated/α-hetero) is 1. The van der Waals surface area contributed by atoms with E-state index in [0.717, 1.165) is 22.1 Å². The Morgan fingerprint density at radius 1 is 1.07 bits per heavy atom. The van der Waals surface area contributed by atoms with E-state index in [1.165, 1.54) is 0 Å². The van der Waals surface area contributed by atoms with Crippen LogP contribution in [0.4, 0.5) is 5.69 Å². The van der Waals surface area contributed by atoms with Crippen LogP contribution in [0, 0.1) is 12.8 Å². The van der Waals surface area contributed by atoms with Crippen molar-refractivity contribution in [1.82, 2.24) is 0 Å². The number of furan rings is 1. The summed E-state index contributed by atoms with van der Waals surface area (Å²) in [5, 5.41) is 3.65. The van der Waals surface area contributed by atoms with Crippen LogP contribution in [0.15, 0.2) is 53.1 Å². The molecule has 1 N–H and O–H groups in total. The fraction of sp³-hybridized carbons (Fsp3) is 0.292. The largest absolute Gasteiger partial charge is 0.464 e. The van der Waals surface area contributed by atoms with Crippen molar-refractivity contribution in [2.45, 2.75) is 33.6 Å². The highest BCUT2D eigenvalue weighted by molar-refractivity contribution is 5.99. The van der Waals surface area contributed by atoms with Gasteiger partial charge in [0.25, 0.3) is 0 Å². The summed E-state index contributed by atoms with van der Waals surface area (Å²) >= 11 is 0. The van der Waals surface area contributed by atoms with Gasteiger partial charge in [-0.1, -0.05) is 26.0 Å². The van der Waals surface area contributed by atoms with E-state index in [9.17, 15) is 14.4 Å².